The maximum absolute atomic E-state index is 11.6. The molecule has 1 aliphatic carbocycles. The highest BCUT2D eigenvalue weighted by Crippen LogP contribution is 2.26. The Hall–Kier alpha value is -1.56. The monoisotopic (exact) mass is 336 g/mol. The zero-order valence-electron chi connectivity index (χ0n) is 14.3. The van der Waals surface area contributed by atoms with Gasteiger partial charge in [0.05, 0.1) is 0 Å². The van der Waals surface area contributed by atoms with E-state index in [-0.39, 0.29) is 11.3 Å². The van der Waals surface area contributed by atoms with Crippen LogP contribution >= 0.6 is 11.3 Å². The summed E-state index contributed by atoms with van der Waals surface area (Å²) in [6.07, 6.45) is 3.66. The molecule has 1 saturated carbocycles. The molecule has 0 saturated heterocycles. The molecular weight excluding hydrogens is 308 g/mol. The van der Waals surface area contributed by atoms with Crippen molar-refractivity contribution >= 4 is 23.2 Å². The van der Waals surface area contributed by atoms with Gasteiger partial charge in [0.15, 0.2) is 5.96 Å². The Morgan fingerprint density at radius 3 is 2.78 bits per heavy atom. The van der Waals surface area contributed by atoms with Gasteiger partial charge in [-0.05, 0) is 30.7 Å². The number of nitrogens with one attached hydrogen (secondary N) is 3. The van der Waals surface area contributed by atoms with E-state index < -0.39 is 0 Å². The number of rotatable bonds is 8. The van der Waals surface area contributed by atoms with Crippen molar-refractivity contribution in [1.29, 1.82) is 0 Å². The van der Waals surface area contributed by atoms with Crippen LogP contribution in [0.4, 0.5) is 0 Å². The molecule has 2 rings (SSSR count). The predicted molar refractivity (Wildman–Crippen MR) is 97.1 cm³/mol. The molecule has 1 heterocycles. The Morgan fingerprint density at radius 2 is 2.17 bits per heavy atom. The summed E-state index contributed by atoms with van der Waals surface area (Å²) in [5.74, 6) is 0.952. The first-order chi connectivity index (χ1) is 11.0. The van der Waals surface area contributed by atoms with Crippen LogP contribution in [0.5, 0.6) is 0 Å². The van der Waals surface area contributed by atoms with Gasteiger partial charge in [-0.2, -0.15) is 0 Å². The lowest BCUT2D eigenvalue weighted by molar-refractivity contribution is -0.121. The van der Waals surface area contributed by atoms with Gasteiger partial charge < -0.3 is 16.0 Å². The lowest BCUT2D eigenvalue weighted by Gasteiger charge is -2.25. The van der Waals surface area contributed by atoms with E-state index in [0.717, 1.165) is 38.3 Å². The summed E-state index contributed by atoms with van der Waals surface area (Å²) < 4.78 is 0. The lowest BCUT2D eigenvalue weighted by Crippen LogP contribution is -2.43. The molecule has 0 radical (unpaired) electrons. The van der Waals surface area contributed by atoms with Gasteiger partial charge >= 0.3 is 0 Å². The summed E-state index contributed by atoms with van der Waals surface area (Å²) in [6, 6.07) is 4.70. The molecule has 0 aliphatic heterocycles. The molecule has 1 aliphatic rings. The van der Waals surface area contributed by atoms with Crippen LogP contribution in [0.25, 0.3) is 0 Å². The van der Waals surface area contributed by atoms with E-state index in [4.69, 9.17) is 0 Å². The minimum atomic E-state index is 0.0654. The third-order valence-corrected chi connectivity index (χ3v) is 5.16. The van der Waals surface area contributed by atoms with Crippen LogP contribution in [0.1, 0.15) is 44.4 Å². The van der Waals surface area contributed by atoms with Crippen molar-refractivity contribution in [2.24, 2.45) is 4.99 Å². The molecule has 0 spiro atoms. The fourth-order valence-electron chi connectivity index (χ4n) is 2.26. The van der Waals surface area contributed by atoms with Gasteiger partial charge in [0.1, 0.15) is 0 Å². The van der Waals surface area contributed by atoms with E-state index in [9.17, 15) is 4.79 Å². The van der Waals surface area contributed by atoms with Crippen molar-refractivity contribution < 1.29 is 4.79 Å². The van der Waals surface area contributed by atoms with Crippen LogP contribution in [0.3, 0.4) is 0 Å². The summed E-state index contributed by atoms with van der Waals surface area (Å²) in [7, 11) is 1.77. The molecule has 3 N–H and O–H groups in total. The number of carbonyl (C=O) groups is 1. The smallest absolute Gasteiger partial charge is 0.220 e. The molecule has 6 heteroatoms. The molecule has 1 fully saturated rings. The van der Waals surface area contributed by atoms with Crippen LogP contribution in [0.2, 0.25) is 0 Å². The van der Waals surface area contributed by atoms with E-state index in [1.54, 1.807) is 18.4 Å². The van der Waals surface area contributed by atoms with Crippen LogP contribution in [0, 0.1) is 0 Å². The summed E-state index contributed by atoms with van der Waals surface area (Å²) in [5.41, 5.74) is 0.0654. The van der Waals surface area contributed by atoms with Gasteiger partial charge in [-0.1, -0.05) is 19.9 Å². The van der Waals surface area contributed by atoms with Gasteiger partial charge in [0.25, 0.3) is 0 Å². The van der Waals surface area contributed by atoms with E-state index in [2.05, 4.69) is 52.3 Å². The van der Waals surface area contributed by atoms with Gasteiger partial charge in [-0.25, -0.2) is 0 Å². The second-order valence-electron chi connectivity index (χ2n) is 6.66. The second kappa shape index (κ2) is 8.34. The number of hydrogen-bond donors (Lipinski definition) is 3. The first kappa shape index (κ1) is 17.8. The van der Waals surface area contributed by atoms with Crippen LogP contribution in [-0.2, 0) is 10.2 Å². The number of hydrogen-bond acceptors (Lipinski definition) is 3. The quantitative estimate of drug-likeness (QED) is 0.387. The standard InChI is InChI=1S/C17H28N4OS/c1-17(2,14-6-5-11-23-14)12-20-16(18-3)19-10-4-7-15(22)21-13-8-9-13/h5-6,11,13H,4,7-10,12H2,1-3H3,(H,21,22)(H2,18,19,20). The molecule has 0 unspecified atom stereocenters. The fraction of sp³-hybridized carbons (Fsp3) is 0.647. The first-order valence-electron chi connectivity index (χ1n) is 8.29. The largest absolute Gasteiger partial charge is 0.356 e. The van der Waals surface area contributed by atoms with Gasteiger partial charge in [-0.15, -0.1) is 11.3 Å². The Bertz CT molecular complexity index is 521. The molecule has 1 aromatic rings. The molecule has 1 aromatic heterocycles. The molecule has 1 amide bonds. The fourth-order valence-corrected chi connectivity index (χ4v) is 3.11. The third kappa shape index (κ3) is 6.22. The molecule has 128 valence electrons. The zero-order chi connectivity index (χ0) is 16.7. The van der Waals surface area contributed by atoms with Crippen LogP contribution in [0.15, 0.2) is 22.5 Å². The Balaban J connectivity index is 1.64. The zero-order valence-corrected chi connectivity index (χ0v) is 15.1. The van der Waals surface area contributed by atoms with E-state index in [1.165, 1.54) is 4.88 Å². The third-order valence-electron chi connectivity index (χ3n) is 3.93. The Morgan fingerprint density at radius 1 is 1.39 bits per heavy atom. The van der Waals surface area contributed by atoms with E-state index in [1.807, 2.05) is 0 Å². The van der Waals surface area contributed by atoms with Crippen molar-refractivity contribution in [1.82, 2.24) is 16.0 Å². The number of guanidine groups is 1. The normalized spacial score (nSPS) is 15.3. The number of amides is 1. The lowest BCUT2D eigenvalue weighted by atomic mass is 9.91. The number of carbonyl (C=O) groups excluding carboxylic acids is 1. The predicted octanol–water partition coefficient (Wildman–Crippen LogP) is 2.25. The molecule has 23 heavy (non-hydrogen) atoms. The average Bonchev–Trinajstić information content (AvgIpc) is 3.15. The highest BCUT2D eigenvalue weighted by molar-refractivity contribution is 7.10. The highest BCUT2D eigenvalue weighted by Gasteiger charge is 2.23. The van der Waals surface area contributed by atoms with Gasteiger partial charge in [0.2, 0.25) is 5.91 Å². The topological polar surface area (TPSA) is 65.5 Å². The summed E-state index contributed by atoms with van der Waals surface area (Å²) in [6.45, 7) is 6.01. The Labute approximate surface area is 143 Å². The van der Waals surface area contributed by atoms with Crippen molar-refractivity contribution in [2.45, 2.75) is 51.0 Å². The minimum Gasteiger partial charge on any atom is -0.356 e. The van der Waals surface area contributed by atoms with Crippen molar-refractivity contribution in [3.05, 3.63) is 22.4 Å². The number of aliphatic imine (C=N–C) groups is 1. The maximum Gasteiger partial charge on any atom is 0.220 e. The highest BCUT2D eigenvalue weighted by atomic mass is 32.1. The molecule has 5 nitrogen and oxygen atoms in total. The van der Waals surface area contributed by atoms with E-state index >= 15 is 0 Å². The SMILES string of the molecule is CN=C(NCCCC(=O)NC1CC1)NCC(C)(C)c1cccs1. The van der Waals surface area contributed by atoms with Crippen LogP contribution < -0.4 is 16.0 Å². The first-order valence-corrected chi connectivity index (χ1v) is 9.17. The second-order valence-corrected chi connectivity index (χ2v) is 7.61. The summed E-state index contributed by atoms with van der Waals surface area (Å²) in [4.78, 5) is 17.2. The van der Waals surface area contributed by atoms with Crippen LogP contribution in [-0.4, -0.2) is 38.0 Å². The van der Waals surface area contributed by atoms with E-state index in [0.29, 0.717) is 12.5 Å². The minimum absolute atomic E-state index is 0.0654. The molecule has 0 bridgehead atoms. The maximum atomic E-state index is 11.6. The number of thiophene rings is 1. The van der Waals surface area contributed by atoms with Crippen molar-refractivity contribution in [3.63, 3.8) is 0 Å². The average molecular weight is 337 g/mol. The van der Waals surface area contributed by atoms with Gasteiger partial charge in [0, 0.05) is 42.9 Å². The number of nitrogens with zero attached hydrogens (tertiary/aromatic N) is 1. The summed E-state index contributed by atoms with van der Waals surface area (Å²) in [5, 5.41) is 11.8. The Kier molecular flexibility index (Phi) is 6.45. The molecule has 0 atom stereocenters. The van der Waals surface area contributed by atoms with Crippen molar-refractivity contribution in [2.75, 3.05) is 20.1 Å². The van der Waals surface area contributed by atoms with Crippen molar-refractivity contribution in [3.8, 4) is 0 Å². The molecule has 0 aromatic carbocycles. The van der Waals surface area contributed by atoms with Gasteiger partial charge in [-0.3, -0.25) is 9.79 Å². The summed E-state index contributed by atoms with van der Waals surface area (Å²) >= 11 is 1.78. The molecular formula is C17H28N4OS.